The molecule has 0 aromatic heterocycles. The van der Waals surface area contributed by atoms with Crippen molar-refractivity contribution in [3.05, 3.63) is 11.3 Å². The molecule has 1 heterocycles. The summed E-state index contributed by atoms with van der Waals surface area (Å²) in [6.45, 7) is 0.614. The average molecular weight is 143 g/mol. The minimum absolute atomic E-state index is 0.276. The van der Waals surface area contributed by atoms with Crippen molar-refractivity contribution in [1.82, 2.24) is 0 Å². The van der Waals surface area contributed by atoms with Crippen molar-refractivity contribution in [3.8, 4) is 0 Å². The van der Waals surface area contributed by atoms with Crippen LogP contribution in [0.3, 0.4) is 0 Å². The number of hydrogen-bond acceptors (Lipinski definition) is 4. The van der Waals surface area contributed by atoms with Gasteiger partial charge in [-0.3, -0.25) is 0 Å². The van der Waals surface area contributed by atoms with Crippen molar-refractivity contribution >= 4 is 5.97 Å². The quantitative estimate of drug-likeness (QED) is 0.498. The molecule has 0 saturated carbocycles. The van der Waals surface area contributed by atoms with Gasteiger partial charge in [0.15, 0.2) is 0 Å². The maximum atomic E-state index is 10.8. The van der Waals surface area contributed by atoms with E-state index in [1.165, 1.54) is 7.11 Å². The molecular weight excluding hydrogens is 134 g/mol. The molecular formula is C6H9NO3. The Kier molecular flexibility index (Phi) is 1.91. The third kappa shape index (κ3) is 1.11. The van der Waals surface area contributed by atoms with Crippen molar-refractivity contribution in [2.45, 2.75) is 0 Å². The van der Waals surface area contributed by atoms with Crippen molar-refractivity contribution in [2.75, 3.05) is 20.3 Å². The topological polar surface area (TPSA) is 61.5 Å². The Bertz CT molecular complexity index is 185. The summed E-state index contributed by atoms with van der Waals surface area (Å²) in [6.07, 6.45) is 0. The molecule has 0 aromatic rings. The molecule has 2 N–H and O–H groups in total. The number of nitrogens with two attached hydrogens (primary N) is 1. The zero-order valence-electron chi connectivity index (χ0n) is 5.72. The van der Waals surface area contributed by atoms with Gasteiger partial charge in [0.05, 0.1) is 25.9 Å². The standard InChI is InChI=1S/C6H9NO3/c1-9-6(8)4-2-10-3-5(4)7/h2-3,7H2,1H3. The number of carbonyl (C=O) groups is 1. The van der Waals surface area contributed by atoms with Crippen molar-refractivity contribution in [1.29, 1.82) is 0 Å². The number of rotatable bonds is 1. The van der Waals surface area contributed by atoms with Crippen LogP contribution < -0.4 is 5.73 Å². The molecule has 0 unspecified atom stereocenters. The van der Waals surface area contributed by atoms with E-state index in [0.717, 1.165) is 0 Å². The predicted octanol–water partition coefficient (Wildman–Crippen LogP) is -0.598. The molecule has 56 valence electrons. The average Bonchev–Trinajstić information content (AvgIpc) is 2.34. The lowest BCUT2D eigenvalue weighted by molar-refractivity contribution is -0.136. The summed E-state index contributed by atoms with van der Waals surface area (Å²) >= 11 is 0. The highest BCUT2D eigenvalue weighted by molar-refractivity contribution is 5.89. The van der Waals surface area contributed by atoms with Gasteiger partial charge in [0, 0.05) is 5.70 Å². The molecule has 10 heavy (non-hydrogen) atoms. The fourth-order valence-corrected chi connectivity index (χ4v) is 0.756. The van der Waals surface area contributed by atoms with E-state index in [9.17, 15) is 4.79 Å². The Labute approximate surface area is 58.6 Å². The Morgan fingerprint density at radius 2 is 2.40 bits per heavy atom. The first-order chi connectivity index (χ1) is 4.75. The lowest BCUT2D eigenvalue weighted by Gasteiger charge is -1.97. The highest BCUT2D eigenvalue weighted by Crippen LogP contribution is 2.09. The first-order valence-electron chi connectivity index (χ1n) is 2.89. The molecule has 0 radical (unpaired) electrons. The third-order valence-corrected chi connectivity index (χ3v) is 1.32. The van der Waals surface area contributed by atoms with Gasteiger partial charge in [-0.1, -0.05) is 0 Å². The van der Waals surface area contributed by atoms with Gasteiger partial charge in [-0.25, -0.2) is 4.79 Å². The fourth-order valence-electron chi connectivity index (χ4n) is 0.756. The number of hydrogen-bond donors (Lipinski definition) is 1. The molecule has 0 atom stereocenters. The molecule has 0 aliphatic carbocycles. The third-order valence-electron chi connectivity index (χ3n) is 1.32. The van der Waals surface area contributed by atoms with E-state index in [1.807, 2.05) is 0 Å². The van der Waals surface area contributed by atoms with Crippen LogP contribution in [0, 0.1) is 0 Å². The molecule has 4 heteroatoms. The van der Waals surface area contributed by atoms with E-state index in [4.69, 9.17) is 10.5 Å². The lowest BCUT2D eigenvalue weighted by atomic mass is 10.2. The first-order valence-corrected chi connectivity index (χ1v) is 2.89. The van der Waals surface area contributed by atoms with Crippen LogP contribution in [0.2, 0.25) is 0 Å². The minimum atomic E-state index is -0.394. The largest absolute Gasteiger partial charge is 0.466 e. The van der Waals surface area contributed by atoms with E-state index >= 15 is 0 Å². The molecule has 0 amide bonds. The van der Waals surface area contributed by atoms with E-state index in [0.29, 0.717) is 17.9 Å². The highest BCUT2D eigenvalue weighted by Gasteiger charge is 2.19. The molecule has 0 bridgehead atoms. The van der Waals surface area contributed by atoms with Crippen LogP contribution >= 0.6 is 0 Å². The van der Waals surface area contributed by atoms with Gasteiger partial charge < -0.3 is 15.2 Å². The summed E-state index contributed by atoms with van der Waals surface area (Å²) < 4.78 is 9.34. The minimum Gasteiger partial charge on any atom is -0.466 e. The smallest absolute Gasteiger partial charge is 0.337 e. The zero-order valence-corrected chi connectivity index (χ0v) is 5.72. The Morgan fingerprint density at radius 1 is 1.70 bits per heavy atom. The molecule has 0 aromatic carbocycles. The number of esters is 1. The Balaban J connectivity index is 2.71. The Hall–Kier alpha value is -1.03. The molecule has 0 fully saturated rings. The number of methoxy groups -OCH3 is 1. The number of ether oxygens (including phenoxy) is 2. The SMILES string of the molecule is COC(=O)C1=C(N)COC1. The molecule has 1 rings (SSSR count). The fraction of sp³-hybridized carbons (Fsp3) is 0.500. The van der Waals surface area contributed by atoms with Crippen molar-refractivity contribution in [2.24, 2.45) is 5.73 Å². The Morgan fingerprint density at radius 3 is 2.80 bits per heavy atom. The summed E-state index contributed by atoms with van der Waals surface area (Å²) in [5.41, 5.74) is 6.33. The highest BCUT2D eigenvalue weighted by atomic mass is 16.5. The maximum absolute atomic E-state index is 10.8. The van der Waals surface area contributed by atoms with Crippen LogP contribution in [0.15, 0.2) is 11.3 Å². The van der Waals surface area contributed by atoms with Crippen molar-refractivity contribution < 1.29 is 14.3 Å². The van der Waals surface area contributed by atoms with Gasteiger partial charge in [0.1, 0.15) is 0 Å². The van der Waals surface area contributed by atoms with Crippen LogP contribution in [0.1, 0.15) is 0 Å². The lowest BCUT2D eigenvalue weighted by Crippen LogP contribution is -2.10. The van der Waals surface area contributed by atoms with Gasteiger partial charge in [0.25, 0.3) is 0 Å². The van der Waals surface area contributed by atoms with Crippen LogP contribution in [0.4, 0.5) is 0 Å². The van der Waals surface area contributed by atoms with Crippen LogP contribution in [-0.2, 0) is 14.3 Å². The second kappa shape index (κ2) is 2.70. The van der Waals surface area contributed by atoms with Gasteiger partial charge in [0.2, 0.25) is 0 Å². The second-order valence-electron chi connectivity index (χ2n) is 1.99. The van der Waals surface area contributed by atoms with E-state index in [-0.39, 0.29) is 6.61 Å². The second-order valence-corrected chi connectivity index (χ2v) is 1.99. The first kappa shape index (κ1) is 7.08. The monoisotopic (exact) mass is 143 g/mol. The summed E-state index contributed by atoms with van der Waals surface area (Å²) in [5.74, 6) is -0.394. The molecule has 1 aliphatic rings. The summed E-state index contributed by atoms with van der Waals surface area (Å²) in [4.78, 5) is 10.8. The molecule has 1 aliphatic heterocycles. The summed E-state index contributed by atoms with van der Waals surface area (Å²) in [7, 11) is 1.32. The van der Waals surface area contributed by atoms with Crippen LogP contribution in [0.5, 0.6) is 0 Å². The van der Waals surface area contributed by atoms with E-state index < -0.39 is 5.97 Å². The van der Waals surface area contributed by atoms with Gasteiger partial charge in [-0.15, -0.1) is 0 Å². The van der Waals surface area contributed by atoms with Gasteiger partial charge in [-0.05, 0) is 0 Å². The number of carbonyl (C=O) groups excluding carboxylic acids is 1. The van der Waals surface area contributed by atoms with Crippen molar-refractivity contribution in [3.63, 3.8) is 0 Å². The van der Waals surface area contributed by atoms with Gasteiger partial charge in [-0.2, -0.15) is 0 Å². The summed E-state index contributed by atoms with van der Waals surface area (Å²) in [5, 5.41) is 0. The molecule has 0 saturated heterocycles. The van der Waals surface area contributed by atoms with E-state index in [2.05, 4.69) is 4.74 Å². The van der Waals surface area contributed by atoms with Crippen LogP contribution in [0.25, 0.3) is 0 Å². The van der Waals surface area contributed by atoms with Gasteiger partial charge >= 0.3 is 5.97 Å². The maximum Gasteiger partial charge on any atom is 0.337 e. The molecule has 4 nitrogen and oxygen atoms in total. The predicted molar refractivity (Wildman–Crippen MR) is 34.0 cm³/mol. The molecule has 0 spiro atoms. The van der Waals surface area contributed by atoms with E-state index in [1.54, 1.807) is 0 Å². The van der Waals surface area contributed by atoms with Crippen LogP contribution in [-0.4, -0.2) is 26.3 Å². The summed E-state index contributed by atoms with van der Waals surface area (Å²) in [6, 6.07) is 0. The normalized spacial score (nSPS) is 17.7. The zero-order chi connectivity index (χ0) is 7.56.